The van der Waals surface area contributed by atoms with Gasteiger partial charge in [0.05, 0.1) is 0 Å². The highest BCUT2D eigenvalue weighted by molar-refractivity contribution is 5.78. The van der Waals surface area contributed by atoms with Crippen molar-refractivity contribution in [1.29, 1.82) is 0 Å². The first kappa shape index (κ1) is 17.4. The Morgan fingerprint density at radius 3 is 2.22 bits per heavy atom. The fourth-order valence-electron chi connectivity index (χ4n) is 2.00. The molecule has 0 saturated carbocycles. The van der Waals surface area contributed by atoms with Crippen molar-refractivity contribution in [3.05, 3.63) is 0 Å². The molecule has 0 aliphatic rings. The van der Waals surface area contributed by atoms with Crippen molar-refractivity contribution in [3.8, 4) is 0 Å². The van der Waals surface area contributed by atoms with E-state index in [1.807, 2.05) is 0 Å². The Labute approximate surface area is 112 Å². The molecule has 0 amide bonds. The number of nitrogens with one attached hydrogen (secondary N) is 1. The van der Waals surface area contributed by atoms with Crippen LogP contribution in [0.3, 0.4) is 0 Å². The van der Waals surface area contributed by atoms with Gasteiger partial charge in [-0.3, -0.25) is 4.79 Å². The van der Waals surface area contributed by atoms with Gasteiger partial charge >= 0.3 is 5.97 Å². The zero-order chi connectivity index (χ0) is 14.3. The van der Waals surface area contributed by atoms with Gasteiger partial charge in [0.2, 0.25) is 0 Å². The van der Waals surface area contributed by atoms with Gasteiger partial charge in [0.15, 0.2) is 0 Å². The summed E-state index contributed by atoms with van der Waals surface area (Å²) in [6, 6.07) is 0.512. The van der Waals surface area contributed by atoms with Gasteiger partial charge in [-0.15, -0.1) is 0 Å². The molecule has 0 aromatic heterocycles. The van der Waals surface area contributed by atoms with Gasteiger partial charge in [-0.05, 0) is 53.1 Å². The molecule has 0 aromatic rings. The van der Waals surface area contributed by atoms with Gasteiger partial charge in [-0.2, -0.15) is 0 Å². The van der Waals surface area contributed by atoms with Crippen LogP contribution in [0.2, 0.25) is 0 Å². The van der Waals surface area contributed by atoms with Crippen LogP contribution in [0.5, 0.6) is 0 Å². The Morgan fingerprint density at radius 1 is 1.33 bits per heavy atom. The van der Waals surface area contributed by atoms with E-state index in [4.69, 9.17) is 0 Å². The summed E-state index contributed by atoms with van der Waals surface area (Å²) in [5.74, 6) is -0.132. The third-order valence-electron chi connectivity index (χ3n) is 3.48. The number of aliphatic carboxylic acids is 1. The molecule has 108 valence electrons. The van der Waals surface area contributed by atoms with Gasteiger partial charge < -0.3 is 15.3 Å². The van der Waals surface area contributed by atoms with E-state index in [-0.39, 0.29) is 0 Å². The van der Waals surface area contributed by atoms with E-state index in [0.29, 0.717) is 18.4 Å². The third kappa shape index (κ3) is 5.83. The van der Waals surface area contributed by atoms with E-state index in [2.05, 4.69) is 37.9 Å². The number of rotatable bonds is 9. The van der Waals surface area contributed by atoms with Crippen molar-refractivity contribution in [2.24, 2.45) is 5.92 Å². The number of carbonyl (C=O) groups is 1. The van der Waals surface area contributed by atoms with Gasteiger partial charge in [-0.1, -0.05) is 13.8 Å². The Bertz CT molecular complexity index is 254. The van der Waals surface area contributed by atoms with Crippen molar-refractivity contribution in [3.63, 3.8) is 0 Å². The molecule has 0 spiro atoms. The maximum absolute atomic E-state index is 11.2. The second kappa shape index (κ2) is 7.74. The first-order chi connectivity index (χ1) is 8.23. The molecule has 0 saturated heterocycles. The van der Waals surface area contributed by atoms with E-state index in [0.717, 1.165) is 19.5 Å². The zero-order valence-corrected chi connectivity index (χ0v) is 12.8. The van der Waals surface area contributed by atoms with Crippen LogP contribution in [0, 0.1) is 5.92 Å². The van der Waals surface area contributed by atoms with Crippen molar-refractivity contribution in [1.82, 2.24) is 10.2 Å². The largest absolute Gasteiger partial charge is 0.480 e. The number of nitrogens with zero attached hydrogens (tertiary/aromatic N) is 1. The first-order valence-corrected chi connectivity index (χ1v) is 6.89. The normalized spacial score (nSPS) is 15.4. The Balaban J connectivity index is 4.24. The van der Waals surface area contributed by atoms with Crippen LogP contribution >= 0.6 is 0 Å². The molecule has 0 radical (unpaired) electrons. The fraction of sp³-hybridized carbons (Fsp3) is 0.929. The summed E-state index contributed by atoms with van der Waals surface area (Å²) in [5, 5.41) is 12.1. The fourth-order valence-corrected chi connectivity index (χ4v) is 2.00. The highest BCUT2D eigenvalue weighted by Crippen LogP contribution is 2.14. The van der Waals surface area contributed by atoms with E-state index < -0.39 is 11.5 Å². The molecule has 0 fully saturated rings. The zero-order valence-electron chi connectivity index (χ0n) is 12.8. The summed E-state index contributed by atoms with van der Waals surface area (Å²) < 4.78 is 0. The maximum atomic E-state index is 11.2. The molecule has 0 aromatic carbocycles. The Hall–Kier alpha value is -0.610. The molecule has 0 rings (SSSR count). The van der Waals surface area contributed by atoms with Crippen LogP contribution in [0.25, 0.3) is 0 Å². The predicted molar refractivity (Wildman–Crippen MR) is 75.9 cm³/mol. The van der Waals surface area contributed by atoms with E-state index >= 15 is 0 Å². The number of carboxylic acid groups (broad SMARTS) is 1. The van der Waals surface area contributed by atoms with Gasteiger partial charge in [0.1, 0.15) is 5.54 Å². The second-order valence-electron chi connectivity index (χ2n) is 5.97. The van der Waals surface area contributed by atoms with Crippen molar-refractivity contribution in [2.45, 2.75) is 59.0 Å². The summed E-state index contributed by atoms with van der Waals surface area (Å²) in [7, 11) is 1.71. The summed E-state index contributed by atoms with van der Waals surface area (Å²) in [6.07, 6.45) is 1.55. The van der Waals surface area contributed by atoms with Crippen LogP contribution in [-0.2, 0) is 4.79 Å². The number of carboxylic acids is 1. The first-order valence-electron chi connectivity index (χ1n) is 6.89. The minimum absolute atomic E-state index is 0.512. The molecular weight excluding hydrogens is 228 g/mol. The van der Waals surface area contributed by atoms with Gasteiger partial charge in [-0.25, -0.2) is 0 Å². The number of likely N-dealkylation sites (N-methyl/N-ethyl adjacent to an activating group) is 1. The highest BCUT2D eigenvalue weighted by atomic mass is 16.4. The average molecular weight is 258 g/mol. The van der Waals surface area contributed by atoms with E-state index in [1.54, 1.807) is 14.0 Å². The predicted octanol–water partition coefficient (Wildman–Crippen LogP) is 2.20. The average Bonchev–Trinajstić information content (AvgIpc) is 2.26. The standard InChI is InChI=1S/C14H30N2O2/c1-11(2)10-16(12(3)4)9-7-8-14(5,15-6)13(17)18/h11-12,15H,7-10H2,1-6H3,(H,17,18). The summed E-state index contributed by atoms with van der Waals surface area (Å²) in [4.78, 5) is 13.6. The number of hydrogen-bond donors (Lipinski definition) is 2. The molecule has 4 nitrogen and oxygen atoms in total. The molecule has 0 heterocycles. The number of hydrogen-bond acceptors (Lipinski definition) is 3. The van der Waals surface area contributed by atoms with Gasteiger partial charge in [0.25, 0.3) is 0 Å². The molecule has 2 N–H and O–H groups in total. The monoisotopic (exact) mass is 258 g/mol. The van der Waals surface area contributed by atoms with Crippen LogP contribution in [0.1, 0.15) is 47.5 Å². The lowest BCUT2D eigenvalue weighted by Crippen LogP contribution is -2.48. The lowest BCUT2D eigenvalue weighted by atomic mass is 9.96. The Kier molecular flexibility index (Phi) is 7.48. The molecule has 4 heteroatoms. The molecule has 1 atom stereocenters. The van der Waals surface area contributed by atoms with Crippen LogP contribution in [-0.4, -0.2) is 47.7 Å². The van der Waals surface area contributed by atoms with Crippen LogP contribution < -0.4 is 5.32 Å². The maximum Gasteiger partial charge on any atom is 0.323 e. The molecule has 1 unspecified atom stereocenters. The summed E-state index contributed by atoms with van der Waals surface area (Å²) >= 11 is 0. The summed E-state index contributed by atoms with van der Waals surface area (Å²) in [6.45, 7) is 12.6. The molecule has 0 bridgehead atoms. The Morgan fingerprint density at radius 2 is 1.89 bits per heavy atom. The van der Waals surface area contributed by atoms with Crippen molar-refractivity contribution < 1.29 is 9.90 Å². The van der Waals surface area contributed by atoms with Crippen LogP contribution in [0.15, 0.2) is 0 Å². The third-order valence-corrected chi connectivity index (χ3v) is 3.48. The van der Waals surface area contributed by atoms with E-state index in [1.165, 1.54) is 0 Å². The highest BCUT2D eigenvalue weighted by Gasteiger charge is 2.30. The van der Waals surface area contributed by atoms with Crippen molar-refractivity contribution in [2.75, 3.05) is 20.1 Å². The lowest BCUT2D eigenvalue weighted by Gasteiger charge is -2.30. The quantitative estimate of drug-likeness (QED) is 0.665. The topological polar surface area (TPSA) is 52.6 Å². The van der Waals surface area contributed by atoms with Crippen molar-refractivity contribution >= 4 is 5.97 Å². The second-order valence-corrected chi connectivity index (χ2v) is 5.97. The summed E-state index contributed by atoms with van der Waals surface area (Å²) in [5.41, 5.74) is -0.805. The lowest BCUT2D eigenvalue weighted by molar-refractivity contribution is -0.144. The molecule has 0 aliphatic heterocycles. The molecule has 0 aliphatic carbocycles. The minimum Gasteiger partial charge on any atom is -0.480 e. The SMILES string of the molecule is CNC(C)(CCCN(CC(C)C)C(C)C)C(=O)O. The molecular formula is C14H30N2O2. The molecule has 18 heavy (non-hydrogen) atoms. The van der Waals surface area contributed by atoms with Gasteiger partial charge in [0, 0.05) is 12.6 Å². The van der Waals surface area contributed by atoms with Crippen LogP contribution in [0.4, 0.5) is 0 Å². The smallest absolute Gasteiger partial charge is 0.323 e. The van der Waals surface area contributed by atoms with E-state index in [9.17, 15) is 9.90 Å². The minimum atomic E-state index is -0.805.